The molecule has 1 aliphatic heterocycles. The summed E-state index contributed by atoms with van der Waals surface area (Å²) in [5, 5.41) is 7.05. The lowest BCUT2D eigenvalue weighted by atomic mass is 10.1. The van der Waals surface area contributed by atoms with Gasteiger partial charge in [-0.15, -0.1) is 24.8 Å². The molecular formula is C14H24Cl2N2. The summed E-state index contributed by atoms with van der Waals surface area (Å²) < 4.78 is 0. The van der Waals surface area contributed by atoms with Gasteiger partial charge in [0, 0.05) is 12.6 Å². The number of piperidine rings is 1. The number of rotatable bonds is 4. The number of benzene rings is 1. The van der Waals surface area contributed by atoms with Crippen LogP contribution in [0.4, 0.5) is 0 Å². The molecule has 0 radical (unpaired) electrons. The van der Waals surface area contributed by atoms with Crippen molar-refractivity contribution in [2.75, 3.05) is 19.6 Å². The first-order valence-corrected chi connectivity index (χ1v) is 6.34. The minimum Gasteiger partial charge on any atom is -0.315 e. The Morgan fingerprint density at radius 1 is 1.22 bits per heavy atom. The van der Waals surface area contributed by atoms with Crippen LogP contribution in [0.15, 0.2) is 24.3 Å². The molecule has 0 saturated carbocycles. The molecule has 1 saturated heterocycles. The molecule has 0 aromatic heterocycles. The molecule has 2 rings (SSSR count). The third-order valence-corrected chi connectivity index (χ3v) is 3.26. The van der Waals surface area contributed by atoms with Gasteiger partial charge < -0.3 is 10.6 Å². The summed E-state index contributed by atoms with van der Waals surface area (Å²) in [6.07, 6.45) is 3.76. The number of nitrogens with one attached hydrogen (secondary N) is 2. The maximum atomic E-state index is 3.62. The van der Waals surface area contributed by atoms with Gasteiger partial charge in [-0.1, -0.05) is 29.8 Å². The molecule has 1 atom stereocenters. The highest BCUT2D eigenvalue weighted by atomic mass is 35.5. The third-order valence-electron chi connectivity index (χ3n) is 3.26. The average molecular weight is 291 g/mol. The summed E-state index contributed by atoms with van der Waals surface area (Å²) in [7, 11) is 0. The van der Waals surface area contributed by atoms with E-state index in [0.29, 0.717) is 6.04 Å². The van der Waals surface area contributed by atoms with Gasteiger partial charge in [0.05, 0.1) is 0 Å². The highest BCUT2D eigenvalue weighted by Crippen LogP contribution is 2.04. The van der Waals surface area contributed by atoms with Gasteiger partial charge in [-0.2, -0.15) is 0 Å². The molecular weight excluding hydrogens is 267 g/mol. The van der Waals surface area contributed by atoms with E-state index in [9.17, 15) is 0 Å². The maximum Gasteiger partial charge on any atom is 0.0193 e. The van der Waals surface area contributed by atoms with E-state index in [1.807, 2.05) is 0 Å². The Kier molecular flexibility index (Phi) is 9.47. The SMILES string of the molecule is Cc1ccc(CCNC2CCCNC2)cc1.Cl.Cl. The quantitative estimate of drug-likeness (QED) is 0.891. The number of hydrogen-bond donors (Lipinski definition) is 2. The standard InChI is InChI=1S/C14H22N2.2ClH/c1-12-4-6-13(7-5-12)8-10-16-14-3-2-9-15-11-14;;/h4-7,14-16H,2-3,8-11H2,1H3;2*1H. The smallest absolute Gasteiger partial charge is 0.0193 e. The van der Waals surface area contributed by atoms with Crippen LogP contribution >= 0.6 is 24.8 Å². The van der Waals surface area contributed by atoms with Crippen molar-refractivity contribution < 1.29 is 0 Å². The fourth-order valence-corrected chi connectivity index (χ4v) is 2.20. The van der Waals surface area contributed by atoms with Crippen molar-refractivity contribution in [3.8, 4) is 0 Å². The van der Waals surface area contributed by atoms with Crippen LogP contribution in [0.3, 0.4) is 0 Å². The first-order valence-electron chi connectivity index (χ1n) is 6.34. The number of aryl methyl sites for hydroxylation is 1. The molecule has 4 heteroatoms. The summed E-state index contributed by atoms with van der Waals surface area (Å²) in [6.45, 7) is 5.55. The van der Waals surface area contributed by atoms with Crippen LogP contribution in [-0.4, -0.2) is 25.7 Å². The van der Waals surface area contributed by atoms with Gasteiger partial charge in [0.25, 0.3) is 0 Å². The summed E-state index contributed by atoms with van der Waals surface area (Å²) in [6, 6.07) is 9.53. The molecule has 1 unspecified atom stereocenters. The van der Waals surface area contributed by atoms with Crippen LogP contribution in [0.1, 0.15) is 24.0 Å². The topological polar surface area (TPSA) is 24.1 Å². The molecule has 0 aliphatic carbocycles. The first-order chi connectivity index (χ1) is 7.84. The van der Waals surface area contributed by atoms with E-state index in [-0.39, 0.29) is 24.8 Å². The molecule has 18 heavy (non-hydrogen) atoms. The number of halogens is 2. The minimum atomic E-state index is 0. The molecule has 0 spiro atoms. The van der Waals surface area contributed by atoms with E-state index in [1.54, 1.807) is 0 Å². The first kappa shape index (κ1) is 17.7. The summed E-state index contributed by atoms with van der Waals surface area (Å²) in [4.78, 5) is 0. The molecule has 0 amide bonds. The molecule has 1 aliphatic rings. The normalized spacial score (nSPS) is 18.6. The van der Waals surface area contributed by atoms with Crippen LogP contribution in [0.25, 0.3) is 0 Å². The highest BCUT2D eigenvalue weighted by molar-refractivity contribution is 5.85. The van der Waals surface area contributed by atoms with Crippen molar-refractivity contribution in [2.45, 2.75) is 32.2 Å². The Balaban J connectivity index is 0.00000144. The molecule has 1 aromatic carbocycles. The van der Waals surface area contributed by atoms with Gasteiger partial charge in [-0.05, 0) is 44.8 Å². The summed E-state index contributed by atoms with van der Waals surface area (Å²) in [5.41, 5.74) is 2.77. The van der Waals surface area contributed by atoms with E-state index in [1.165, 1.54) is 30.5 Å². The Morgan fingerprint density at radius 2 is 1.94 bits per heavy atom. The highest BCUT2D eigenvalue weighted by Gasteiger charge is 2.10. The van der Waals surface area contributed by atoms with Crippen molar-refractivity contribution in [1.82, 2.24) is 10.6 Å². The lowest BCUT2D eigenvalue weighted by Crippen LogP contribution is -2.43. The van der Waals surface area contributed by atoms with Crippen LogP contribution < -0.4 is 10.6 Å². The van der Waals surface area contributed by atoms with Crippen molar-refractivity contribution in [3.05, 3.63) is 35.4 Å². The molecule has 2 nitrogen and oxygen atoms in total. The van der Waals surface area contributed by atoms with Gasteiger partial charge >= 0.3 is 0 Å². The van der Waals surface area contributed by atoms with Crippen LogP contribution in [0.5, 0.6) is 0 Å². The van der Waals surface area contributed by atoms with Crippen molar-refractivity contribution in [1.29, 1.82) is 0 Å². The van der Waals surface area contributed by atoms with Gasteiger partial charge in [0.1, 0.15) is 0 Å². The zero-order valence-corrected chi connectivity index (χ0v) is 12.6. The zero-order chi connectivity index (χ0) is 11.2. The van der Waals surface area contributed by atoms with E-state index in [0.717, 1.165) is 19.5 Å². The fraction of sp³-hybridized carbons (Fsp3) is 0.571. The second-order valence-electron chi connectivity index (χ2n) is 4.73. The molecule has 104 valence electrons. The second-order valence-corrected chi connectivity index (χ2v) is 4.73. The van der Waals surface area contributed by atoms with Crippen LogP contribution in [0, 0.1) is 6.92 Å². The number of hydrogen-bond acceptors (Lipinski definition) is 2. The summed E-state index contributed by atoms with van der Waals surface area (Å²) >= 11 is 0. The van der Waals surface area contributed by atoms with Crippen molar-refractivity contribution >= 4 is 24.8 Å². The molecule has 0 bridgehead atoms. The van der Waals surface area contributed by atoms with E-state index in [2.05, 4.69) is 41.8 Å². The van der Waals surface area contributed by atoms with Gasteiger partial charge in [0.2, 0.25) is 0 Å². The van der Waals surface area contributed by atoms with Crippen LogP contribution in [0.2, 0.25) is 0 Å². The summed E-state index contributed by atoms with van der Waals surface area (Å²) in [5.74, 6) is 0. The van der Waals surface area contributed by atoms with Gasteiger partial charge in [0.15, 0.2) is 0 Å². The third kappa shape index (κ3) is 6.05. The Bertz CT molecular complexity index is 308. The maximum absolute atomic E-state index is 3.62. The van der Waals surface area contributed by atoms with Crippen molar-refractivity contribution in [2.24, 2.45) is 0 Å². The predicted octanol–water partition coefficient (Wildman–Crippen LogP) is 2.72. The molecule has 1 fully saturated rings. The van der Waals surface area contributed by atoms with Crippen LogP contribution in [-0.2, 0) is 6.42 Å². The predicted molar refractivity (Wildman–Crippen MR) is 83.3 cm³/mol. The van der Waals surface area contributed by atoms with Gasteiger partial charge in [-0.3, -0.25) is 0 Å². The molecule has 1 aromatic rings. The monoisotopic (exact) mass is 290 g/mol. The van der Waals surface area contributed by atoms with E-state index < -0.39 is 0 Å². The second kappa shape index (κ2) is 9.62. The molecule has 2 N–H and O–H groups in total. The van der Waals surface area contributed by atoms with E-state index >= 15 is 0 Å². The zero-order valence-electron chi connectivity index (χ0n) is 10.9. The largest absolute Gasteiger partial charge is 0.315 e. The Hall–Kier alpha value is -0.280. The lowest BCUT2D eigenvalue weighted by molar-refractivity contribution is 0.392. The lowest BCUT2D eigenvalue weighted by Gasteiger charge is -2.23. The Morgan fingerprint density at radius 3 is 2.56 bits per heavy atom. The van der Waals surface area contributed by atoms with E-state index in [4.69, 9.17) is 0 Å². The minimum absolute atomic E-state index is 0. The van der Waals surface area contributed by atoms with Gasteiger partial charge in [-0.25, -0.2) is 0 Å². The molecule has 1 heterocycles. The van der Waals surface area contributed by atoms with Crippen molar-refractivity contribution in [3.63, 3.8) is 0 Å². The average Bonchev–Trinajstić information content (AvgIpc) is 2.33. The fourth-order valence-electron chi connectivity index (χ4n) is 2.20. The Labute approximate surface area is 123 Å².